The quantitative estimate of drug-likeness (QED) is 0.600. The Morgan fingerprint density at radius 1 is 1.31 bits per heavy atom. The summed E-state index contributed by atoms with van der Waals surface area (Å²) in [5.41, 5.74) is -1.17. The maximum Gasteiger partial charge on any atom is 0.264 e. The van der Waals surface area contributed by atoms with Gasteiger partial charge >= 0.3 is 0 Å². The number of aliphatic hydroxyl groups is 1. The maximum absolute atomic E-state index is 11.0. The van der Waals surface area contributed by atoms with E-state index in [0.29, 0.717) is 12.8 Å². The van der Waals surface area contributed by atoms with Crippen LogP contribution in [0.1, 0.15) is 32.1 Å². The van der Waals surface area contributed by atoms with Gasteiger partial charge in [0.05, 0.1) is 18.5 Å². The van der Waals surface area contributed by atoms with Crippen molar-refractivity contribution >= 4 is 10.1 Å². The van der Waals surface area contributed by atoms with Crippen molar-refractivity contribution in [2.24, 2.45) is 5.41 Å². The molecule has 1 N–H and O–H groups in total. The third-order valence-corrected chi connectivity index (χ3v) is 4.46. The van der Waals surface area contributed by atoms with Crippen molar-refractivity contribution in [1.29, 1.82) is 0 Å². The molecule has 0 unspecified atom stereocenters. The van der Waals surface area contributed by atoms with E-state index in [2.05, 4.69) is 0 Å². The number of hydrogen-bond donors (Lipinski definition) is 1. The molecule has 2 atom stereocenters. The average molecular weight is 246 g/mol. The van der Waals surface area contributed by atoms with Gasteiger partial charge in [-0.25, -0.2) is 0 Å². The molecule has 0 aromatic heterocycles. The summed E-state index contributed by atoms with van der Waals surface area (Å²) in [6.07, 6.45) is 8.88. The molecule has 16 heavy (non-hydrogen) atoms. The molecule has 92 valence electrons. The summed E-state index contributed by atoms with van der Waals surface area (Å²) in [7, 11) is -3.43. The van der Waals surface area contributed by atoms with Crippen LogP contribution in [0, 0.1) is 5.41 Å². The first-order chi connectivity index (χ1) is 7.37. The third-order valence-electron chi connectivity index (χ3n) is 3.91. The number of fused-ring (bicyclic) bond motifs is 1. The molecule has 2 rings (SSSR count). The Kier molecular flexibility index (Phi) is 2.88. The van der Waals surface area contributed by atoms with E-state index in [-0.39, 0.29) is 6.61 Å². The fourth-order valence-electron chi connectivity index (χ4n) is 2.90. The highest BCUT2D eigenvalue weighted by Crippen LogP contribution is 2.53. The van der Waals surface area contributed by atoms with Gasteiger partial charge in [0.2, 0.25) is 0 Å². The average Bonchev–Trinajstić information content (AvgIpc) is 2.51. The van der Waals surface area contributed by atoms with Crippen LogP contribution in [0.4, 0.5) is 0 Å². The van der Waals surface area contributed by atoms with Crippen LogP contribution < -0.4 is 0 Å². The van der Waals surface area contributed by atoms with Crippen molar-refractivity contribution in [3.8, 4) is 0 Å². The minimum atomic E-state index is -3.43. The predicted octanol–water partition coefficient (Wildman–Crippen LogP) is 1.21. The van der Waals surface area contributed by atoms with Gasteiger partial charge in [-0.1, -0.05) is 12.2 Å². The zero-order valence-corrected chi connectivity index (χ0v) is 10.3. The van der Waals surface area contributed by atoms with Crippen LogP contribution in [0.15, 0.2) is 12.2 Å². The van der Waals surface area contributed by atoms with Crippen LogP contribution in [-0.2, 0) is 14.3 Å². The molecule has 0 spiro atoms. The Balaban J connectivity index is 2.18. The van der Waals surface area contributed by atoms with Crippen LogP contribution in [0.3, 0.4) is 0 Å². The lowest BCUT2D eigenvalue weighted by atomic mass is 9.68. The fraction of sp³-hybridized carbons (Fsp3) is 0.818. The fourth-order valence-corrected chi connectivity index (χ4v) is 3.34. The van der Waals surface area contributed by atoms with Gasteiger partial charge in [0, 0.05) is 5.41 Å². The second-order valence-electron chi connectivity index (χ2n) is 5.01. The highest BCUT2D eigenvalue weighted by Gasteiger charge is 2.54. The zero-order chi connectivity index (χ0) is 11.9. The standard InChI is InChI=1S/C11H18O4S/c1-16(13,14)15-9-10-5-2-3-7-11(10,12)8-4-6-10/h2-3,12H,4-9H2,1H3/t10-,11+/m0/s1. The summed E-state index contributed by atoms with van der Waals surface area (Å²) in [5.74, 6) is 0. The van der Waals surface area contributed by atoms with E-state index in [1.165, 1.54) is 0 Å². The molecule has 0 amide bonds. The van der Waals surface area contributed by atoms with Crippen molar-refractivity contribution in [1.82, 2.24) is 0 Å². The van der Waals surface area contributed by atoms with Gasteiger partial charge in [0.25, 0.3) is 10.1 Å². The first-order valence-corrected chi connectivity index (χ1v) is 7.40. The Bertz CT molecular complexity index is 400. The second kappa shape index (κ2) is 3.82. The van der Waals surface area contributed by atoms with Crippen molar-refractivity contribution in [3.63, 3.8) is 0 Å². The summed E-state index contributed by atoms with van der Waals surface area (Å²) >= 11 is 0. The van der Waals surface area contributed by atoms with Crippen molar-refractivity contribution in [2.45, 2.75) is 37.7 Å². The molecule has 0 bridgehead atoms. The van der Waals surface area contributed by atoms with Crippen LogP contribution in [0.25, 0.3) is 0 Å². The maximum atomic E-state index is 11.0. The van der Waals surface area contributed by atoms with Gasteiger partial charge in [-0.3, -0.25) is 4.18 Å². The van der Waals surface area contributed by atoms with E-state index in [1.54, 1.807) is 0 Å². The molecular formula is C11H18O4S. The molecule has 0 radical (unpaired) electrons. The summed E-state index contributed by atoms with van der Waals surface area (Å²) in [6.45, 7) is 0.104. The zero-order valence-electron chi connectivity index (χ0n) is 9.48. The normalized spacial score (nSPS) is 38.6. The topological polar surface area (TPSA) is 63.6 Å². The Morgan fingerprint density at radius 3 is 2.69 bits per heavy atom. The summed E-state index contributed by atoms with van der Waals surface area (Å²) < 4.78 is 27.0. The molecular weight excluding hydrogens is 228 g/mol. The minimum absolute atomic E-state index is 0.104. The lowest BCUT2D eigenvalue weighted by Gasteiger charge is -2.43. The Labute approximate surface area is 96.4 Å². The number of allylic oxidation sites excluding steroid dienone is 1. The molecule has 2 aliphatic rings. The van der Waals surface area contributed by atoms with Crippen LogP contribution in [-0.4, -0.2) is 32.0 Å². The van der Waals surface area contributed by atoms with Gasteiger partial charge in [-0.2, -0.15) is 8.42 Å². The van der Waals surface area contributed by atoms with Crippen LogP contribution >= 0.6 is 0 Å². The van der Waals surface area contributed by atoms with Gasteiger partial charge in [-0.15, -0.1) is 0 Å². The molecule has 2 aliphatic carbocycles. The van der Waals surface area contributed by atoms with Gasteiger partial charge in [0.15, 0.2) is 0 Å². The molecule has 0 aliphatic heterocycles. The smallest absolute Gasteiger partial charge is 0.264 e. The van der Waals surface area contributed by atoms with Crippen molar-refractivity contribution in [3.05, 3.63) is 12.2 Å². The summed E-state index contributed by atoms with van der Waals surface area (Å²) in [4.78, 5) is 0. The van der Waals surface area contributed by atoms with E-state index in [4.69, 9.17) is 4.18 Å². The second-order valence-corrected chi connectivity index (χ2v) is 6.66. The van der Waals surface area contributed by atoms with Crippen molar-refractivity contribution < 1.29 is 17.7 Å². The first kappa shape index (κ1) is 12.1. The van der Waals surface area contributed by atoms with E-state index >= 15 is 0 Å². The van der Waals surface area contributed by atoms with E-state index in [1.807, 2.05) is 12.2 Å². The summed E-state index contributed by atoms with van der Waals surface area (Å²) in [6, 6.07) is 0. The third kappa shape index (κ3) is 2.04. The molecule has 5 heteroatoms. The molecule has 1 saturated carbocycles. The lowest BCUT2D eigenvalue weighted by Crippen LogP contribution is -2.48. The van der Waals surface area contributed by atoms with Crippen molar-refractivity contribution in [2.75, 3.05) is 12.9 Å². The van der Waals surface area contributed by atoms with Crippen LogP contribution in [0.5, 0.6) is 0 Å². The van der Waals surface area contributed by atoms with Gasteiger partial charge in [0.1, 0.15) is 0 Å². The Hall–Kier alpha value is -0.390. The Morgan fingerprint density at radius 2 is 2.00 bits per heavy atom. The summed E-state index contributed by atoms with van der Waals surface area (Å²) in [5, 5.41) is 10.5. The number of hydrogen-bond acceptors (Lipinski definition) is 4. The van der Waals surface area contributed by atoms with E-state index < -0.39 is 21.1 Å². The number of rotatable bonds is 3. The molecule has 0 saturated heterocycles. The molecule has 0 heterocycles. The lowest BCUT2D eigenvalue weighted by molar-refractivity contribution is -0.0820. The first-order valence-electron chi connectivity index (χ1n) is 5.59. The molecule has 0 aromatic carbocycles. The van der Waals surface area contributed by atoms with Gasteiger partial charge < -0.3 is 5.11 Å². The highest BCUT2D eigenvalue weighted by atomic mass is 32.2. The monoisotopic (exact) mass is 246 g/mol. The minimum Gasteiger partial charge on any atom is -0.389 e. The SMILES string of the molecule is CS(=O)(=O)OC[C@@]12CC=CC[C@@]1(O)CCC2. The molecule has 4 nitrogen and oxygen atoms in total. The highest BCUT2D eigenvalue weighted by molar-refractivity contribution is 7.85. The molecule has 1 fully saturated rings. The van der Waals surface area contributed by atoms with Crippen LogP contribution in [0.2, 0.25) is 0 Å². The van der Waals surface area contributed by atoms with E-state index in [0.717, 1.165) is 25.5 Å². The largest absolute Gasteiger partial charge is 0.389 e. The van der Waals surface area contributed by atoms with E-state index in [9.17, 15) is 13.5 Å². The van der Waals surface area contributed by atoms with Gasteiger partial charge in [-0.05, 0) is 32.1 Å². The predicted molar refractivity (Wildman–Crippen MR) is 60.4 cm³/mol. The molecule has 0 aromatic rings.